The van der Waals surface area contributed by atoms with Crippen molar-refractivity contribution in [2.24, 2.45) is 0 Å². The molecule has 0 unspecified atom stereocenters. The predicted octanol–water partition coefficient (Wildman–Crippen LogP) is 16.8. The Morgan fingerprint density at radius 2 is 0.722 bits per heavy atom. The monoisotopic (exact) mass is 1560 g/mol. The quantitative estimate of drug-likeness (QED) is 0.0117. The fourth-order valence-corrected chi connectivity index (χ4v) is 15.4. The van der Waals surface area contributed by atoms with Gasteiger partial charge in [-0.25, -0.2) is 4.57 Å². The fourth-order valence-electron chi connectivity index (χ4n) is 14.8. The van der Waals surface area contributed by atoms with Gasteiger partial charge in [0.1, 0.15) is 42.6 Å². The Hall–Kier alpha value is -2.90. The first kappa shape index (κ1) is 101. The summed E-state index contributed by atoms with van der Waals surface area (Å²) in [4.78, 5) is 90.7. The van der Waals surface area contributed by atoms with Crippen LogP contribution in [0.15, 0.2) is 0 Å². The summed E-state index contributed by atoms with van der Waals surface area (Å²) >= 11 is 0. The van der Waals surface area contributed by atoms with Gasteiger partial charge in [0, 0.05) is 6.42 Å². The van der Waals surface area contributed by atoms with Crippen molar-refractivity contribution in [3.8, 4) is 0 Å². The molecule has 14 atom stereocenters. The first-order valence-corrected chi connectivity index (χ1v) is 45.6. The molecule has 0 aromatic rings. The number of nitrogens with one attached hydrogen (secondary N) is 2. The van der Waals surface area contributed by atoms with Gasteiger partial charge in [0.25, 0.3) is 0 Å². The predicted molar refractivity (Wildman–Crippen MR) is 423 cm³/mol. The molecule has 0 saturated carbocycles. The van der Waals surface area contributed by atoms with Crippen LogP contribution >= 0.6 is 7.82 Å². The molecule has 2 aliphatic rings. The van der Waals surface area contributed by atoms with Crippen LogP contribution in [-0.4, -0.2) is 169 Å². The zero-order valence-electron chi connectivity index (χ0n) is 68.3. The average molecular weight is 1560 g/mol. The van der Waals surface area contributed by atoms with Crippen LogP contribution in [0.25, 0.3) is 0 Å². The lowest BCUT2D eigenvalue weighted by Crippen LogP contribution is -2.68. The minimum Gasteiger partial charge on any atom is -0.462 e. The number of hydrogen-bond acceptors (Lipinski definition) is 19. The van der Waals surface area contributed by atoms with E-state index in [1.165, 1.54) is 116 Å². The zero-order chi connectivity index (χ0) is 79.3. The summed E-state index contributed by atoms with van der Waals surface area (Å²) in [5.74, 6) is -4.00. The summed E-state index contributed by atoms with van der Waals surface area (Å²) in [7, 11) is -5.53. The maximum absolute atomic E-state index is 14.4. The molecule has 10 N–H and O–H groups in total. The zero-order valence-corrected chi connectivity index (χ0v) is 69.2. The molecule has 0 aromatic carbocycles. The van der Waals surface area contributed by atoms with E-state index in [4.69, 9.17) is 32.9 Å². The minimum atomic E-state index is -5.53. The van der Waals surface area contributed by atoms with Crippen molar-refractivity contribution < 1.29 is 102 Å². The summed E-state index contributed by atoms with van der Waals surface area (Å²) in [6, 6.07) is -3.42. The Morgan fingerprint density at radius 1 is 0.389 bits per heavy atom. The van der Waals surface area contributed by atoms with E-state index in [1.807, 2.05) is 0 Å². The molecule has 636 valence electrons. The van der Waals surface area contributed by atoms with E-state index in [-0.39, 0.29) is 32.1 Å². The number of carbonyl (C=O) groups excluding carboxylic acids is 5. The topological polar surface area (TPSA) is 353 Å². The summed E-state index contributed by atoms with van der Waals surface area (Å²) in [5.41, 5.74) is 0. The van der Waals surface area contributed by atoms with Gasteiger partial charge in [0.05, 0.1) is 57.2 Å². The molecular weight excluding hydrogens is 1400 g/mol. The summed E-state index contributed by atoms with van der Waals surface area (Å²) in [5, 5.41) is 74.0. The van der Waals surface area contributed by atoms with E-state index in [1.54, 1.807) is 0 Å². The van der Waals surface area contributed by atoms with Gasteiger partial charge in [-0.1, -0.05) is 336 Å². The number of aliphatic hydroxyl groups is 6. The van der Waals surface area contributed by atoms with Crippen LogP contribution < -0.4 is 10.6 Å². The molecule has 0 spiro atoms. The lowest BCUT2D eigenvalue weighted by atomic mass is 9.95. The van der Waals surface area contributed by atoms with Crippen molar-refractivity contribution in [1.29, 1.82) is 0 Å². The number of phosphoric ester groups is 1. The largest absolute Gasteiger partial charge is 0.470 e. The van der Waals surface area contributed by atoms with Crippen LogP contribution in [0.3, 0.4) is 0 Å². The first-order chi connectivity index (χ1) is 52.2. The normalized spacial score (nSPS) is 21.5. The molecule has 23 nitrogen and oxygen atoms in total. The highest BCUT2D eigenvalue weighted by molar-refractivity contribution is 7.46. The standard InChI is InChI=1S/C84H159N2O21P/c1-6-11-16-21-26-31-32-33-34-39-44-49-54-59-74(93)102-69(58-53-48-43-38-30-25-20-15-10-5)63-73(92)85-77-81(105-75(94)61-67(89)56-51-46-41-36-28-23-18-13-8-3)79(96)71(103-83(77)97)65-101-84-78(86-72(91)60-66(88)55-50-45-40-35-27-22-17-12-7-2)82(80(70(64-87)104-84)107-108(98,99)100)106-76(95)62-68(90)57-52-47-42-37-29-24-19-14-9-4/h66-71,77-84,87-90,96-97H,6-65H2,1-5H3,(H,85,92)(H,86,91)(H2,98,99,100)/t66-,67-,68-,69-,70-,71-,77-,78-,79-,80-,81-,82-,83+,84-/m1/s1. The van der Waals surface area contributed by atoms with E-state index in [9.17, 15) is 69.0 Å². The maximum atomic E-state index is 14.4. The highest BCUT2D eigenvalue weighted by Crippen LogP contribution is 2.43. The first-order valence-electron chi connectivity index (χ1n) is 44.0. The third-order valence-electron chi connectivity index (χ3n) is 21.4. The number of phosphoric acid groups is 1. The SMILES string of the molecule is CCCCCCCCCCCCCCCC(=O)O[C@H](CCCCCCCCCCC)CC(=O)N[C@@H]1[C@@H](OC(=O)C[C@H](O)CCCCCCCCCCC)[C@H](O)[C@@H](CO[C@@H]2O[C@H](CO)[C@@H](OP(=O)(O)O)[C@H](OC(=O)C[C@H](O)CCCCCCCCCCC)[C@H]2NC(=O)C[C@H](O)CCCCCCCCCCC)O[C@@H]1O. The summed E-state index contributed by atoms with van der Waals surface area (Å²) in [6.45, 7) is 9.09. The smallest absolute Gasteiger partial charge is 0.462 e. The van der Waals surface area contributed by atoms with Crippen molar-refractivity contribution in [2.75, 3.05) is 13.2 Å². The van der Waals surface area contributed by atoms with Crippen LogP contribution in [0, 0.1) is 0 Å². The molecule has 2 aliphatic heterocycles. The number of aliphatic hydroxyl groups excluding tert-OH is 6. The molecule has 0 aromatic heterocycles. The van der Waals surface area contributed by atoms with Crippen molar-refractivity contribution in [3.63, 3.8) is 0 Å². The number of esters is 3. The van der Waals surface area contributed by atoms with E-state index in [0.717, 1.165) is 167 Å². The highest BCUT2D eigenvalue weighted by Gasteiger charge is 2.54. The highest BCUT2D eigenvalue weighted by atomic mass is 31.2. The lowest BCUT2D eigenvalue weighted by molar-refractivity contribution is -0.298. The fraction of sp³-hybridized carbons (Fsp3) is 0.940. The second kappa shape index (κ2) is 66.4. The Bertz CT molecular complexity index is 2250. The molecule has 2 rings (SSSR count). The van der Waals surface area contributed by atoms with Gasteiger partial charge < -0.3 is 79.5 Å². The minimum absolute atomic E-state index is 0.181. The second-order valence-corrected chi connectivity index (χ2v) is 32.8. The Balaban J connectivity index is 2.51. The Kier molecular flexibility index (Phi) is 62.2. The van der Waals surface area contributed by atoms with Crippen LogP contribution in [-0.2, 0) is 61.5 Å². The second-order valence-electron chi connectivity index (χ2n) is 31.6. The Labute approximate surface area is 653 Å². The van der Waals surface area contributed by atoms with Gasteiger partial charge in [-0.3, -0.25) is 28.5 Å². The summed E-state index contributed by atoms with van der Waals surface area (Å²) in [6.07, 6.45) is 32.2. The number of carbonyl (C=O) groups is 5. The molecule has 0 radical (unpaired) electrons. The van der Waals surface area contributed by atoms with Crippen molar-refractivity contribution in [3.05, 3.63) is 0 Å². The Morgan fingerprint density at radius 3 is 1.10 bits per heavy atom. The number of unbranched alkanes of at least 4 members (excludes halogenated alkanes) is 44. The van der Waals surface area contributed by atoms with Gasteiger partial charge in [0.15, 0.2) is 24.8 Å². The molecule has 2 saturated heterocycles. The number of ether oxygens (including phenoxy) is 6. The van der Waals surface area contributed by atoms with Crippen molar-refractivity contribution in [2.45, 2.75) is 493 Å². The molecule has 0 aliphatic carbocycles. The van der Waals surface area contributed by atoms with E-state index >= 15 is 0 Å². The molecule has 2 amide bonds. The van der Waals surface area contributed by atoms with Crippen LogP contribution in [0.4, 0.5) is 0 Å². The average Bonchev–Trinajstić information content (AvgIpc) is 0.780. The van der Waals surface area contributed by atoms with Crippen LogP contribution in [0.2, 0.25) is 0 Å². The van der Waals surface area contributed by atoms with Gasteiger partial charge in [0.2, 0.25) is 11.8 Å². The third-order valence-corrected chi connectivity index (χ3v) is 21.9. The number of amides is 2. The molecule has 108 heavy (non-hydrogen) atoms. The van der Waals surface area contributed by atoms with Gasteiger partial charge in [-0.15, -0.1) is 0 Å². The van der Waals surface area contributed by atoms with E-state index in [2.05, 4.69) is 45.3 Å². The molecule has 0 bridgehead atoms. The third kappa shape index (κ3) is 51.8. The van der Waals surface area contributed by atoms with Crippen LogP contribution in [0.5, 0.6) is 0 Å². The number of rotatable bonds is 73. The van der Waals surface area contributed by atoms with Gasteiger partial charge in [-0.05, 0) is 38.5 Å². The molecule has 2 fully saturated rings. The molecular formula is C84H159N2O21P. The van der Waals surface area contributed by atoms with Gasteiger partial charge in [-0.2, -0.15) is 0 Å². The maximum Gasteiger partial charge on any atom is 0.470 e. The van der Waals surface area contributed by atoms with Gasteiger partial charge >= 0.3 is 25.7 Å². The van der Waals surface area contributed by atoms with Crippen LogP contribution in [0.1, 0.15) is 407 Å². The lowest BCUT2D eigenvalue weighted by Gasteiger charge is -2.46. The van der Waals surface area contributed by atoms with E-state index < -0.39 is 156 Å². The molecule has 2 heterocycles. The number of hydrogen-bond donors (Lipinski definition) is 10. The molecule has 24 heteroatoms. The van der Waals surface area contributed by atoms with Crippen molar-refractivity contribution in [1.82, 2.24) is 10.6 Å². The summed E-state index contributed by atoms with van der Waals surface area (Å²) < 4.78 is 54.2. The van der Waals surface area contributed by atoms with E-state index in [0.29, 0.717) is 38.5 Å². The van der Waals surface area contributed by atoms with Crippen molar-refractivity contribution >= 4 is 37.5 Å².